The summed E-state index contributed by atoms with van der Waals surface area (Å²) in [5, 5.41) is 11.1. The van der Waals surface area contributed by atoms with Crippen LogP contribution in [0, 0.1) is 6.92 Å². The molecule has 3 heterocycles. The Hall–Kier alpha value is -2.78. The predicted molar refractivity (Wildman–Crippen MR) is 107 cm³/mol. The summed E-state index contributed by atoms with van der Waals surface area (Å²) < 4.78 is 0. The molecule has 0 saturated carbocycles. The number of carbonyl (C=O) groups is 2. The van der Waals surface area contributed by atoms with Gasteiger partial charge in [0.2, 0.25) is 5.91 Å². The van der Waals surface area contributed by atoms with Crippen molar-refractivity contribution in [2.24, 2.45) is 0 Å². The second kappa shape index (κ2) is 7.45. The molecule has 0 unspecified atom stereocenters. The Kier molecular flexibility index (Phi) is 4.87. The molecule has 1 aliphatic rings. The van der Waals surface area contributed by atoms with Gasteiger partial charge >= 0.3 is 6.03 Å². The number of aryl methyl sites for hydroxylation is 1. The van der Waals surface area contributed by atoms with Crippen molar-refractivity contribution >= 4 is 45.4 Å². The largest absolute Gasteiger partial charge is 0.336 e. The summed E-state index contributed by atoms with van der Waals surface area (Å²) >= 11 is 2.96. The van der Waals surface area contributed by atoms with Crippen molar-refractivity contribution in [2.75, 3.05) is 23.3 Å². The van der Waals surface area contributed by atoms with Crippen molar-refractivity contribution in [3.8, 4) is 11.3 Å². The Morgan fingerprint density at radius 1 is 1.30 bits per heavy atom. The number of nitrogens with one attached hydrogen (secondary N) is 2. The SMILES string of the molecule is Cc1nc(-c2cccc(NC(=O)Cc3csc(N4CCNC4=O)n3)c2)cs1. The number of hydrogen-bond acceptors (Lipinski definition) is 6. The molecule has 2 N–H and O–H groups in total. The van der Waals surface area contributed by atoms with Gasteiger partial charge in [-0.25, -0.2) is 14.8 Å². The van der Waals surface area contributed by atoms with Crippen LogP contribution in [0.5, 0.6) is 0 Å². The standard InChI is InChI=1S/C18H17N5O2S2/c1-11-20-15(10-26-11)12-3-2-4-13(7-12)21-16(24)8-14-9-27-18(22-14)23-6-5-19-17(23)25/h2-4,7,9-10H,5-6,8H2,1H3,(H,19,25)(H,21,24). The van der Waals surface area contributed by atoms with Gasteiger partial charge in [-0.1, -0.05) is 12.1 Å². The first-order valence-corrected chi connectivity index (χ1v) is 10.2. The van der Waals surface area contributed by atoms with E-state index in [0.29, 0.717) is 23.9 Å². The maximum Gasteiger partial charge on any atom is 0.323 e. The summed E-state index contributed by atoms with van der Waals surface area (Å²) in [4.78, 5) is 34.5. The van der Waals surface area contributed by atoms with Crippen LogP contribution in [0.3, 0.4) is 0 Å². The zero-order valence-electron chi connectivity index (χ0n) is 14.6. The van der Waals surface area contributed by atoms with Gasteiger partial charge in [0.1, 0.15) is 0 Å². The van der Waals surface area contributed by atoms with E-state index < -0.39 is 0 Å². The van der Waals surface area contributed by atoms with Crippen LogP contribution in [0.15, 0.2) is 35.0 Å². The molecule has 2 aromatic heterocycles. The van der Waals surface area contributed by atoms with Crippen LogP contribution in [-0.2, 0) is 11.2 Å². The molecule has 3 amide bonds. The van der Waals surface area contributed by atoms with E-state index in [1.165, 1.54) is 11.3 Å². The molecular formula is C18H17N5O2S2. The van der Waals surface area contributed by atoms with Crippen molar-refractivity contribution in [1.29, 1.82) is 0 Å². The van der Waals surface area contributed by atoms with Crippen LogP contribution in [0.4, 0.5) is 15.6 Å². The van der Waals surface area contributed by atoms with Gasteiger partial charge in [0, 0.05) is 35.1 Å². The molecule has 1 aliphatic heterocycles. The van der Waals surface area contributed by atoms with Crippen molar-refractivity contribution in [1.82, 2.24) is 15.3 Å². The number of nitrogens with zero attached hydrogens (tertiary/aromatic N) is 3. The highest BCUT2D eigenvalue weighted by atomic mass is 32.1. The molecule has 1 aromatic carbocycles. The van der Waals surface area contributed by atoms with Crippen LogP contribution in [-0.4, -0.2) is 35.0 Å². The number of hydrogen-bond donors (Lipinski definition) is 2. The van der Waals surface area contributed by atoms with Gasteiger partial charge in [0.05, 0.1) is 22.8 Å². The third kappa shape index (κ3) is 3.99. The van der Waals surface area contributed by atoms with Gasteiger partial charge in [0.15, 0.2) is 5.13 Å². The lowest BCUT2D eigenvalue weighted by Crippen LogP contribution is -2.27. The van der Waals surface area contributed by atoms with E-state index in [9.17, 15) is 9.59 Å². The Bertz CT molecular complexity index is 997. The molecule has 4 rings (SSSR count). The summed E-state index contributed by atoms with van der Waals surface area (Å²) in [5.41, 5.74) is 3.24. The van der Waals surface area contributed by atoms with Gasteiger partial charge in [-0.15, -0.1) is 22.7 Å². The third-order valence-corrected chi connectivity index (χ3v) is 5.72. The van der Waals surface area contributed by atoms with Crippen molar-refractivity contribution in [3.05, 3.63) is 45.7 Å². The number of rotatable bonds is 5. The fraction of sp³-hybridized carbons (Fsp3) is 0.222. The average molecular weight is 400 g/mol. The number of amides is 3. The van der Waals surface area contributed by atoms with E-state index in [1.54, 1.807) is 16.2 Å². The molecule has 3 aromatic rings. The maximum absolute atomic E-state index is 12.4. The number of aromatic nitrogens is 2. The van der Waals surface area contributed by atoms with E-state index in [1.807, 2.05) is 41.9 Å². The predicted octanol–water partition coefficient (Wildman–Crippen LogP) is 3.29. The van der Waals surface area contributed by atoms with Crippen molar-refractivity contribution in [2.45, 2.75) is 13.3 Å². The highest BCUT2D eigenvalue weighted by Crippen LogP contribution is 2.25. The maximum atomic E-state index is 12.4. The minimum atomic E-state index is -0.149. The molecule has 27 heavy (non-hydrogen) atoms. The lowest BCUT2D eigenvalue weighted by Gasteiger charge is -2.08. The molecule has 0 aliphatic carbocycles. The van der Waals surface area contributed by atoms with E-state index in [2.05, 4.69) is 20.6 Å². The molecular weight excluding hydrogens is 382 g/mol. The fourth-order valence-electron chi connectivity index (χ4n) is 2.78. The first kappa shape index (κ1) is 17.6. The number of benzene rings is 1. The smallest absolute Gasteiger partial charge is 0.323 e. The molecule has 1 saturated heterocycles. The van der Waals surface area contributed by atoms with Gasteiger partial charge in [0.25, 0.3) is 0 Å². The van der Waals surface area contributed by atoms with Crippen LogP contribution in [0.25, 0.3) is 11.3 Å². The molecule has 138 valence electrons. The zero-order valence-corrected chi connectivity index (χ0v) is 16.2. The summed E-state index contributed by atoms with van der Waals surface area (Å²) in [6, 6.07) is 7.48. The van der Waals surface area contributed by atoms with E-state index in [0.717, 1.165) is 22.0 Å². The van der Waals surface area contributed by atoms with E-state index in [-0.39, 0.29) is 18.4 Å². The van der Waals surface area contributed by atoms with Crippen LogP contribution in [0.1, 0.15) is 10.7 Å². The molecule has 9 heteroatoms. The van der Waals surface area contributed by atoms with E-state index >= 15 is 0 Å². The molecule has 0 atom stereocenters. The molecule has 0 radical (unpaired) electrons. The van der Waals surface area contributed by atoms with Crippen LogP contribution in [0.2, 0.25) is 0 Å². The third-order valence-electron chi connectivity index (χ3n) is 4.03. The van der Waals surface area contributed by atoms with E-state index in [4.69, 9.17) is 0 Å². The monoisotopic (exact) mass is 399 g/mol. The molecule has 0 bridgehead atoms. The Morgan fingerprint density at radius 2 is 2.19 bits per heavy atom. The van der Waals surface area contributed by atoms with Gasteiger partial charge in [-0.05, 0) is 19.1 Å². The Labute approximate surface area is 164 Å². The number of anilines is 2. The zero-order chi connectivity index (χ0) is 18.8. The average Bonchev–Trinajstić information content (AvgIpc) is 3.36. The quantitative estimate of drug-likeness (QED) is 0.689. The number of urea groups is 1. The number of carbonyl (C=O) groups excluding carboxylic acids is 2. The topological polar surface area (TPSA) is 87.2 Å². The highest BCUT2D eigenvalue weighted by molar-refractivity contribution is 7.14. The second-order valence-corrected chi connectivity index (χ2v) is 7.96. The summed E-state index contributed by atoms with van der Waals surface area (Å²) in [6.45, 7) is 3.18. The fourth-order valence-corrected chi connectivity index (χ4v) is 4.25. The molecule has 7 nitrogen and oxygen atoms in total. The highest BCUT2D eigenvalue weighted by Gasteiger charge is 2.24. The summed E-state index contributed by atoms with van der Waals surface area (Å²) in [6.07, 6.45) is 0.159. The van der Waals surface area contributed by atoms with Crippen molar-refractivity contribution in [3.63, 3.8) is 0 Å². The van der Waals surface area contributed by atoms with Crippen molar-refractivity contribution < 1.29 is 9.59 Å². The molecule has 0 spiro atoms. The van der Waals surface area contributed by atoms with Crippen LogP contribution < -0.4 is 15.5 Å². The lowest BCUT2D eigenvalue weighted by molar-refractivity contribution is -0.115. The first-order valence-electron chi connectivity index (χ1n) is 8.41. The minimum absolute atomic E-state index is 0.144. The second-order valence-electron chi connectivity index (χ2n) is 6.06. The molecule has 1 fully saturated rings. The lowest BCUT2D eigenvalue weighted by atomic mass is 10.1. The minimum Gasteiger partial charge on any atom is -0.336 e. The van der Waals surface area contributed by atoms with Gasteiger partial charge in [-0.2, -0.15) is 0 Å². The van der Waals surface area contributed by atoms with Gasteiger partial charge < -0.3 is 10.6 Å². The summed E-state index contributed by atoms with van der Waals surface area (Å²) in [7, 11) is 0. The van der Waals surface area contributed by atoms with Gasteiger partial charge in [-0.3, -0.25) is 9.69 Å². The first-order chi connectivity index (χ1) is 13.1. The summed E-state index contributed by atoms with van der Waals surface area (Å²) in [5.74, 6) is -0.149. The Balaban J connectivity index is 1.41. The van der Waals surface area contributed by atoms with Crippen LogP contribution >= 0.6 is 22.7 Å². The number of thiazole rings is 2. The Morgan fingerprint density at radius 3 is 2.93 bits per heavy atom. The normalized spacial score (nSPS) is 13.7.